The molecule has 1 atom stereocenters. The van der Waals surface area contributed by atoms with Crippen LogP contribution in [0.1, 0.15) is 29.5 Å². The molecule has 8 nitrogen and oxygen atoms in total. The highest BCUT2D eigenvalue weighted by Crippen LogP contribution is 2.49. The normalized spacial score (nSPS) is 14.2. The minimum atomic E-state index is -0.542. The fourth-order valence-electron chi connectivity index (χ4n) is 4.90. The highest BCUT2D eigenvalue weighted by molar-refractivity contribution is 5.87. The highest BCUT2D eigenvalue weighted by atomic mass is 16.5. The fraction of sp³-hybridized carbons (Fsp3) is 0.103. The molecule has 0 amide bonds. The Morgan fingerprint density at radius 2 is 1.73 bits per heavy atom. The van der Waals surface area contributed by atoms with E-state index < -0.39 is 11.5 Å². The zero-order valence-corrected chi connectivity index (χ0v) is 19.8. The van der Waals surface area contributed by atoms with Crippen LogP contribution in [0, 0.1) is 0 Å². The lowest BCUT2D eigenvalue weighted by atomic mass is 9.84. The number of para-hydroxylation sites is 1. The molecule has 0 spiro atoms. The molecule has 37 heavy (non-hydrogen) atoms. The van der Waals surface area contributed by atoms with Gasteiger partial charge in [-0.2, -0.15) is 0 Å². The lowest BCUT2D eigenvalue weighted by molar-refractivity contribution is 0.340. The number of aromatic nitrogens is 4. The van der Waals surface area contributed by atoms with E-state index in [0.717, 1.165) is 16.9 Å². The summed E-state index contributed by atoms with van der Waals surface area (Å²) in [7, 11) is 0. The van der Waals surface area contributed by atoms with Gasteiger partial charge in [0.1, 0.15) is 17.7 Å². The van der Waals surface area contributed by atoms with Gasteiger partial charge in [-0.15, -0.1) is 5.10 Å². The van der Waals surface area contributed by atoms with Gasteiger partial charge in [-0.1, -0.05) is 54.6 Å². The summed E-state index contributed by atoms with van der Waals surface area (Å²) in [4.78, 5) is 22.9. The van der Waals surface area contributed by atoms with Crippen molar-refractivity contribution in [1.82, 2.24) is 19.6 Å². The van der Waals surface area contributed by atoms with Crippen LogP contribution in [-0.2, 0) is 0 Å². The summed E-state index contributed by atoms with van der Waals surface area (Å²) in [6, 6.07) is 24.7. The number of ether oxygens (including phenoxy) is 2. The number of hydrogen-bond acceptors (Lipinski definition) is 7. The first-order valence-electron chi connectivity index (χ1n) is 12.0. The molecule has 180 valence electrons. The summed E-state index contributed by atoms with van der Waals surface area (Å²) in [6.07, 6.45) is 1.58. The first-order chi connectivity index (χ1) is 18.2. The minimum Gasteiger partial charge on any atom is -0.494 e. The number of hydrogen-bond donors (Lipinski definition) is 0. The van der Waals surface area contributed by atoms with Gasteiger partial charge in [-0.05, 0) is 36.8 Å². The molecule has 3 aromatic carbocycles. The van der Waals surface area contributed by atoms with Gasteiger partial charge in [0, 0.05) is 5.56 Å². The molecule has 8 heteroatoms. The molecule has 0 N–H and O–H groups in total. The van der Waals surface area contributed by atoms with Crippen LogP contribution in [0.5, 0.6) is 17.4 Å². The molecule has 4 heterocycles. The van der Waals surface area contributed by atoms with E-state index in [1.807, 2.05) is 79.7 Å². The molecular formula is C29H20N4O4. The van der Waals surface area contributed by atoms with Crippen molar-refractivity contribution in [3.8, 4) is 28.8 Å². The van der Waals surface area contributed by atoms with E-state index in [2.05, 4.69) is 10.1 Å². The summed E-state index contributed by atoms with van der Waals surface area (Å²) in [6.45, 7) is 2.50. The Labute approximate surface area is 210 Å². The Morgan fingerprint density at radius 1 is 0.946 bits per heavy atom. The average Bonchev–Trinajstić information content (AvgIpc) is 3.38. The van der Waals surface area contributed by atoms with E-state index in [4.69, 9.17) is 18.9 Å². The Morgan fingerprint density at radius 3 is 2.54 bits per heavy atom. The highest BCUT2D eigenvalue weighted by Gasteiger charge is 2.37. The molecule has 1 aliphatic heterocycles. The van der Waals surface area contributed by atoms with Crippen molar-refractivity contribution >= 4 is 16.6 Å². The van der Waals surface area contributed by atoms with Crippen molar-refractivity contribution in [2.75, 3.05) is 6.61 Å². The van der Waals surface area contributed by atoms with E-state index in [-0.39, 0.29) is 0 Å². The number of rotatable bonds is 4. The van der Waals surface area contributed by atoms with Crippen LogP contribution in [0.2, 0.25) is 0 Å². The van der Waals surface area contributed by atoms with Crippen molar-refractivity contribution in [2.45, 2.75) is 12.8 Å². The van der Waals surface area contributed by atoms with Gasteiger partial charge < -0.3 is 13.9 Å². The van der Waals surface area contributed by atoms with Gasteiger partial charge in [0.2, 0.25) is 5.88 Å². The van der Waals surface area contributed by atoms with Crippen molar-refractivity contribution < 1.29 is 13.9 Å². The molecule has 0 radical (unpaired) electrons. The van der Waals surface area contributed by atoms with E-state index in [1.165, 1.54) is 0 Å². The van der Waals surface area contributed by atoms with Gasteiger partial charge >= 0.3 is 5.63 Å². The minimum absolute atomic E-state index is 0.377. The lowest BCUT2D eigenvalue weighted by Gasteiger charge is -2.27. The zero-order chi connectivity index (χ0) is 24.9. The summed E-state index contributed by atoms with van der Waals surface area (Å²) in [5.41, 5.74) is 3.32. The van der Waals surface area contributed by atoms with Crippen LogP contribution >= 0.6 is 0 Å². The first kappa shape index (κ1) is 21.3. The molecule has 1 aliphatic rings. The Bertz CT molecular complexity index is 1840. The van der Waals surface area contributed by atoms with Crippen LogP contribution in [0.15, 0.2) is 94.4 Å². The third kappa shape index (κ3) is 3.37. The van der Waals surface area contributed by atoms with Crippen LogP contribution in [0.25, 0.3) is 28.0 Å². The maximum atomic E-state index is 13.5. The largest absolute Gasteiger partial charge is 0.494 e. The van der Waals surface area contributed by atoms with Gasteiger partial charge in [0.05, 0.1) is 29.0 Å². The fourth-order valence-corrected chi connectivity index (χ4v) is 4.90. The molecule has 0 saturated heterocycles. The van der Waals surface area contributed by atoms with Gasteiger partial charge in [-0.25, -0.2) is 19.3 Å². The SMILES string of the molecule is CCOc1ccc(C2c3c(c4ccccc4oc3=O)Oc3ncn4nc(-c5ccccc5)nc4c32)cc1. The summed E-state index contributed by atoms with van der Waals surface area (Å²) >= 11 is 0. The summed E-state index contributed by atoms with van der Waals surface area (Å²) in [5, 5.41) is 5.35. The second kappa shape index (κ2) is 8.30. The van der Waals surface area contributed by atoms with Crippen molar-refractivity contribution in [3.05, 3.63) is 112 Å². The maximum Gasteiger partial charge on any atom is 0.344 e. The molecular weight excluding hydrogens is 468 g/mol. The van der Waals surface area contributed by atoms with Crippen LogP contribution in [-0.4, -0.2) is 26.2 Å². The average molecular weight is 489 g/mol. The smallest absolute Gasteiger partial charge is 0.344 e. The second-order valence-corrected chi connectivity index (χ2v) is 8.70. The molecule has 0 fully saturated rings. The third-order valence-electron chi connectivity index (χ3n) is 6.52. The monoisotopic (exact) mass is 488 g/mol. The molecule has 0 aliphatic carbocycles. The molecule has 1 unspecified atom stereocenters. The maximum absolute atomic E-state index is 13.5. The van der Waals surface area contributed by atoms with Crippen molar-refractivity contribution in [3.63, 3.8) is 0 Å². The first-order valence-corrected chi connectivity index (χ1v) is 12.0. The van der Waals surface area contributed by atoms with Gasteiger partial charge in [-0.3, -0.25) is 0 Å². The van der Waals surface area contributed by atoms with E-state index in [0.29, 0.717) is 51.8 Å². The van der Waals surface area contributed by atoms with Crippen LogP contribution in [0.3, 0.4) is 0 Å². The van der Waals surface area contributed by atoms with Crippen LogP contribution < -0.4 is 15.1 Å². The summed E-state index contributed by atoms with van der Waals surface area (Å²) < 4.78 is 19.4. The third-order valence-corrected chi connectivity index (χ3v) is 6.52. The predicted octanol–water partition coefficient (Wildman–Crippen LogP) is 5.58. The quantitative estimate of drug-likeness (QED) is 0.299. The number of nitrogens with zero attached hydrogens (tertiary/aromatic N) is 4. The van der Waals surface area contributed by atoms with Crippen molar-refractivity contribution in [1.29, 1.82) is 0 Å². The van der Waals surface area contributed by atoms with Crippen molar-refractivity contribution in [2.24, 2.45) is 0 Å². The zero-order valence-electron chi connectivity index (χ0n) is 19.8. The van der Waals surface area contributed by atoms with E-state index >= 15 is 0 Å². The molecule has 3 aromatic heterocycles. The Hall–Kier alpha value is -4.98. The predicted molar refractivity (Wildman–Crippen MR) is 137 cm³/mol. The second-order valence-electron chi connectivity index (χ2n) is 8.70. The lowest BCUT2D eigenvalue weighted by Crippen LogP contribution is -2.22. The van der Waals surface area contributed by atoms with Gasteiger partial charge in [0.25, 0.3) is 0 Å². The molecule has 0 bridgehead atoms. The van der Waals surface area contributed by atoms with Crippen LogP contribution in [0.4, 0.5) is 0 Å². The summed E-state index contributed by atoms with van der Waals surface area (Å²) in [5.74, 6) is 1.57. The number of benzene rings is 3. The standard InChI is InChI=1S/C29H20N4O4/c1-2-35-19-14-12-17(13-15-19)22-23-25(20-10-6-7-11-21(20)36-29(23)34)37-28-24(22)27-31-26(32-33(27)16-30-28)18-8-4-3-5-9-18/h3-16,22H,2H2,1H3. The molecule has 0 saturated carbocycles. The molecule has 7 rings (SSSR count). The Balaban J connectivity index is 1.52. The topological polar surface area (TPSA) is 91.8 Å². The van der Waals surface area contributed by atoms with E-state index in [9.17, 15) is 4.79 Å². The molecule has 6 aromatic rings. The Kier molecular flexibility index (Phi) is 4.78. The van der Waals surface area contributed by atoms with Gasteiger partial charge in [0.15, 0.2) is 17.2 Å². The van der Waals surface area contributed by atoms with E-state index in [1.54, 1.807) is 16.9 Å². The number of fused-ring (bicyclic) bond motifs is 6.